The standard InChI is InChI=1S/C15H12ClFN2O/c16-8-6-12-9(3-4-10(12)13(17)7-8)11-2-1-5-19-14(11)15(18)20/h1-2,5-7,9H,3-4H2,(H2,18,20)/t9-/m0/s1. The molecule has 1 amide bonds. The summed E-state index contributed by atoms with van der Waals surface area (Å²) in [7, 11) is 0. The minimum absolute atomic E-state index is 0.0885. The number of fused-ring (bicyclic) bond motifs is 1. The van der Waals surface area contributed by atoms with Gasteiger partial charge in [-0.1, -0.05) is 17.7 Å². The van der Waals surface area contributed by atoms with Gasteiger partial charge >= 0.3 is 0 Å². The lowest BCUT2D eigenvalue weighted by Gasteiger charge is -2.14. The van der Waals surface area contributed by atoms with Crippen LogP contribution >= 0.6 is 11.6 Å². The van der Waals surface area contributed by atoms with Crippen LogP contribution in [0.25, 0.3) is 0 Å². The average Bonchev–Trinajstić information content (AvgIpc) is 2.82. The van der Waals surface area contributed by atoms with Crippen LogP contribution in [0.5, 0.6) is 0 Å². The first-order valence-corrected chi connectivity index (χ1v) is 6.68. The van der Waals surface area contributed by atoms with Gasteiger partial charge in [0.25, 0.3) is 5.91 Å². The van der Waals surface area contributed by atoms with Gasteiger partial charge in [0.1, 0.15) is 11.5 Å². The van der Waals surface area contributed by atoms with Gasteiger partial charge in [-0.2, -0.15) is 0 Å². The predicted octanol–water partition coefficient (Wildman–Crippen LogP) is 3.05. The van der Waals surface area contributed by atoms with Crippen molar-refractivity contribution in [3.63, 3.8) is 0 Å². The molecule has 1 aromatic heterocycles. The van der Waals surface area contributed by atoms with E-state index >= 15 is 0 Å². The molecule has 0 fully saturated rings. The van der Waals surface area contributed by atoms with Crippen molar-refractivity contribution in [2.24, 2.45) is 5.73 Å². The maximum Gasteiger partial charge on any atom is 0.267 e. The zero-order chi connectivity index (χ0) is 14.3. The van der Waals surface area contributed by atoms with Gasteiger partial charge in [0, 0.05) is 17.1 Å². The third kappa shape index (κ3) is 2.06. The largest absolute Gasteiger partial charge is 0.364 e. The maximum absolute atomic E-state index is 13.9. The molecule has 0 radical (unpaired) electrons. The normalized spacial score (nSPS) is 17.0. The monoisotopic (exact) mass is 290 g/mol. The molecule has 0 saturated carbocycles. The molecule has 0 unspecified atom stereocenters. The van der Waals surface area contributed by atoms with Crippen molar-refractivity contribution in [2.45, 2.75) is 18.8 Å². The fourth-order valence-corrected chi connectivity index (χ4v) is 3.08. The zero-order valence-corrected chi connectivity index (χ0v) is 11.3. The van der Waals surface area contributed by atoms with E-state index in [1.807, 2.05) is 6.07 Å². The second-order valence-electron chi connectivity index (χ2n) is 4.85. The minimum Gasteiger partial charge on any atom is -0.364 e. The van der Waals surface area contributed by atoms with Crippen LogP contribution in [0.3, 0.4) is 0 Å². The summed E-state index contributed by atoms with van der Waals surface area (Å²) in [6, 6.07) is 6.64. The molecular formula is C15H12ClFN2O. The number of rotatable bonds is 2. The lowest BCUT2D eigenvalue weighted by molar-refractivity contribution is 0.0994. The first-order chi connectivity index (χ1) is 9.58. The van der Waals surface area contributed by atoms with Gasteiger partial charge in [0.15, 0.2) is 0 Å². The molecule has 0 aliphatic heterocycles. The molecule has 1 aliphatic carbocycles. The van der Waals surface area contributed by atoms with Crippen molar-refractivity contribution in [1.29, 1.82) is 0 Å². The molecule has 1 aliphatic rings. The van der Waals surface area contributed by atoms with E-state index in [0.29, 0.717) is 17.0 Å². The lowest BCUT2D eigenvalue weighted by Crippen LogP contribution is -2.17. The number of carbonyl (C=O) groups is 1. The van der Waals surface area contributed by atoms with Gasteiger partial charge in [-0.25, -0.2) is 4.39 Å². The Morgan fingerprint density at radius 1 is 1.40 bits per heavy atom. The number of nitrogens with zero attached hydrogens (tertiary/aromatic N) is 1. The third-order valence-corrected chi connectivity index (χ3v) is 3.92. The molecule has 20 heavy (non-hydrogen) atoms. The van der Waals surface area contributed by atoms with Crippen LogP contribution in [0.2, 0.25) is 5.02 Å². The summed E-state index contributed by atoms with van der Waals surface area (Å²) >= 11 is 5.94. The Balaban J connectivity index is 2.15. The quantitative estimate of drug-likeness (QED) is 0.924. The number of pyridine rings is 1. The predicted molar refractivity (Wildman–Crippen MR) is 74.3 cm³/mol. The zero-order valence-electron chi connectivity index (χ0n) is 10.6. The molecule has 0 saturated heterocycles. The molecular weight excluding hydrogens is 279 g/mol. The van der Waals surface area contributed by atoms with Crippen LogP contribution in [-0.4, -0.2) is 10.9 Å². The number of carbonyl (C=O) groups excluding carboxylic acids is 1. The van der Waals surface area contributed by atoms with Crippen molar-refractivity contribution in [2.75, 3.05) is 0 Å². The first-order valence-electron chi connectivity index (χ1n) is 6.30. The summed E-state index contributed by atoms with van der Waals surface area (Å²) in [5.74, 6) is -0.953. The van der Waals surface area contributed by atoms with Crippen molar-refractivity contribution in [1.82, 2.24) is 4.98 Å². The molecule has 2 aromatic rings. The SMILES string of the molecule is NC(=O)c1ncccc1[C@@H]1CCc2c(F)cc(Cl)cc21. The topological polar surface area (TPSA) is 56.0 Å². The molecule has 0 spiro atoms. The number of amides is 1. The summed E-state index contributed by atoms with van der Waals surface area (Å²) in [6.45, 7) is 0. The Morgan fingerprint density at radius 2 is 2.20 bits per heavy atom. The molecule has 3 rings (SSSR count). The highest BCUT2D eigenvalue weighted by molar-refractivity contribution is 6.30. The number of nitrogens with two attached hydrogens (primary N) is 1. The Kier molecular flexibility index (Phi) is 3.18. The number of benzene rings is 1. The molecule has 1 aromatic carbocycles. The fraction of sp³-hybridized carbons (Fsp3) is 0.200. The van der Waals surface area contributed by atoms with Gasteiger partial charge in [0.05, 0.1) is 0 Å². The van der Waals surface area contributed by atoms with E-state index in [0.717, 1.165) is 17.5 Å². The fourth-order valence-electron chi connectivity index (χ4n) is 2.87. The van der Waals surface area contributed by atoms with Gasteiger partial charge in [-0.15, -0.1) is 0 Å². The van der Waals surface area contributed by atoms with E-state index in [2.05, 4.69) is 4.98 Å². The number of aromatic nitrogens is 1. The van der Waals surface area contributed by atoms with E-state index < -0.39 is 5.91 Å². The maximum atomic E-state index is 13.9. The molecule has 0 bridgehead atoms. The van der Waals surface area contributed by atoms with Gasteiger partial charge < -0.3 is 5.73 Å². The minimum atomic E-state index is -0.573. The van der Waals surface area contributed by atoms with Crippen LogP contribution < -0.4 is 5.73 Å². The van der Waals surface area contributed by atoms with Crippen LogP contribution in [0, 0.1) is 5.82 Å². The van der Waals surface area contributed by atoms with Crippen molar-refractivity contribution >= 4 is 17.5 Å². The number of halogens is 2. The highest BCUT2D eigenvalue weighted by Crippen LogP contribution is 2.41. The van der Waals surface area contributed by atoms with Crippen LogP contribution in [-0.2, 0) is 6.42 Å². The smallest absolute Gasteiger partial charge is 0.267 e. The number of hydrogen-bond acceptors (Lipinski definition) is 2. The van der Waals surface area contributed by atoms with E-state index in [9.17, 15) is 9.18 Å². The summed E-state index contributed by atoms with van der Waals surface area (Å²) in [4.78, 5) is 15.5. The van der Waals surface area contributed by atoms with Crippen molar-refractivity contribution in [3.05, 3.63) is 63.7 Å². The number of primary amides is 1. The molecule has 1 heterocycles. The summed E-state index contributed by atoms with van der Waals surface area (Å²) in [5, 5.41) is 0.359. The molecule has 5 heteroatoms. The van der Waals surface area contributed by atoms with Gasteiger partial charge in [-0.05, 0) is 47.7 Å². The van der Waals surface area contributed by atoms with E-state index in [1.165, 1.54) is 12.3 Å². The Hall–Kier alpha value is -1.94. The molecule has 2 N–H and O–H groups in total. The molecule has 3 nitrogen and oxygen atoms in total. The van der Waals surface area contributed by atoms with E-state index in [4.69, 9.17) is 17.3 Å². The lowest BCUT2D eigenvalue weighted by atomic mass is 9.91. The molecule has 102 valence electrons. The second kappa shape index (κ2) is 4.87. The van der Waals surface area contributed by atoms with Gasteiger partial charge in [-0.3, -0.25) is 9.78 Å². The highest BCUT2D eigenvalue weighted by Gasteiger charge is 2.29. The summed E-state index contributed by atoms with van der Waals surface area (Å²) in [5.41, 5.74) is 7.83. The van der Waals surface area contributed by atoms with E-state index in [-0.39, 0.29) is 17.4 Å². The van der Waals surface area contributed by atoms with Crippen LogP contribution in [0.1, 0.15) is 39.5 Å². The summed E-state index contributed by atoms with van der Waals surface area (Å²) < 4.78 is 13.9. The number of hydrogen-bond donors (Lipinski definition) is 1. The van der Waals surface area contributed by atoms with Gasteiger partial charge in [0.2, 0.25) is 0 Å². The van der Waals surface area contributed by atoms with Crippen molar-refractivity contribution in [3.8, 4) is 0 Å². The van der Waals surface area contributed by atoms with Crippen LogP contribution in [0.15, 0.2) is 30.5 Å². The highest BCUT2D eigenvalue weighted by atomic mass is 35.5. The first kappa shape index (κ1) is 13.1. The Morgan fingerprint density at radius 3 is 2.95 bits per heavy atom. The van der Waals surface area contributed by atoms with Crippen molar-refractivity contribution < 1.29 is 9.18 Å². The third-order valence-electron chi connectivity index (χ3n) is 3.70. The second-order valence-corrected chi connectivity index (χ2v) is 5.29. The summed E-state index contributed by atoms with van der Waals surface area (Å²) in [6.07, 6.45) is 2.87. The Bertz CT molecular complexity index is 702. The van der Waals surface area contributed by atoms with E-state index in [1.54, 1.807) is 12.1 Å². The van der Waals surface area contributed by atoms with Crippen LogP contribution in [0.4, 0.5) is 4.39 Å². The average molecular weight is 291 g/mol. The molecule has 1 atom stereocenters. The Labute approximate surface area is 120 Å².